The molecule has 1 heterocycles. The minimum Gasteiger partial charge on any atom is -0.293 e. The fraction of sp³-hybridized carbons (Fsp3) is 0.167. The molecule has 0 fully saturated rings. The van der Waals surface area contributed by atoms with Gasteiger partial charge in [-0.2, -0.15) is 0 Å². The Hall–Kier alpha value is -1.48. The van der Waals surface area contributed by atoms with Crippen molar-refractivity contribution < 1.29 is 4.79 Å². The number of thiazole rings is 1. The zero-order valence-corrected chi connectivity index (χ0v) is 9.47. The molecule has 0 saturated heterocycles. The summed E-state index contributed by atoms with van der Waals surface area (Å²) < 4.78 is 0. The van der Waals surface area contributed by atoms with Gasteiger partial charge in [0.05, 0.1) is 0 Å². The number of carbonyl (C=O) groups is 1. The van der Waals surface area contributed by atoms with Crippen LogP contribution in [0.25, 0.3) is 10.6 Å². The molecule has 0 saturated carbocycles. The maximum atomic E-state index is 11.1. The topological polar surface area (TPSA) is 30.0 Å². The van der Waals surface area contributed by atoms with Crippen molar-refractivity contribution in [2.75, 3.05) is 0 Å². The van der Waals surface area contributed by atoms with Crippen molar-refractivity contribution in [3.63, 3.8) is 0 Å². The Bertz CT molecular complexity index is 502. The van der Waals surface area contributed by atoms with Crippen molar-refractivity contribution in [2.24, 2.45) is 0 Å². The van der Waals surface area contributed by atoms with Crippen molar-refractivity contribution in [3.05, 3.63) is 40.9 Å². The number of benzene rings is 1. The van der Waals surface area contributed by atoms with E-state index in [0.717, 1.165) is 10.6 Å². The molecule has 3 heteroatoms. The molecule has 0 aliphatic carbocycles. The van der Waals surface area contributed by atoms with Crippen LogP contribution in [-0.4, -0.2) is 10.8 Å². The van der Waals surface area contributed by atoms with Gasteiger partial charge in [-0.15, -0.1) is 11.3 Å². The van der Waals surface area contributed by atoms with Gasteiger partial charge in [0, 0.05) is 17.9 Å². The average Bonchev–Trinajstić information content (AvgIpc) is 2.66. The number of ketones is 1. The molecule has 0 radical (unpaired) electrons. The SMILES string of the molecule is CC(=O)c1csc(-c2cccc(C)c2)n1. The van der Waals surface area contributed by atoms with Crippen LogP contribution in [0, 0.1) is 6.92 Å². The Labute approximate surface area is 92.6 Å². The molecule has 0 unspecified atom stereocenters. The summed E-state index contributed by atoms with van der Waals surface area (Å²) in [5, 5.41) is 2.71. The Morgan fingerprint density at radius 2 is 2.20 bits per heavy atom. The zero-order chi connectivity index (χ0) is 10.8. The third-order valence-corrected chi connectivity index (χ3v) is 3.02. The summed E-state index contributed by atoms with van der Waals surface area (Å²) in [4.78, 5) is 15.4. The maximum Gasteiger partial charge on any atom is 0.178 e. The molecule has 0 atom stereocenters. The first-order valence-electron chi connectivity index (χ1n) is 4.70. The second-order valence-corrected chi connectivity index (χ2v) is 4.32. The van der Waals surface area contributed by atoms with E-state index in [4.69, 9.17) is 0 Å². The predicted molar refractivity (Wildman–Crippen MR) is 62.3 cm³/mol. The minimum absolute atomic E-state index is 0.0187. The highest BCUT2D eigenvalue weighted by molar-refractivity contribution is 7.13. The van der Waals surface area contributed by atoms with E-state index in [1.165, 1.54) is 23.8 Å². The molecule has 0 bridgehead atoms. The van der Waals surface area contributed by atoms with E-state index < -0.39 is 0 Å². The van der Waals surface area contributed by atoms with Gasteiger partial charge < -0.3 is 0 Å². The van der Waals surface area contributed by atoms with Crippen molar-refractivity contribution in [1.82, 2.24) is 4.98 Å². The molecule has 2 nitrogen and oxygen atoms in total. The number of rotatable bonds is 2. The Morgan fingerprint density at radius 3 is 2.80 bits per heavy atom. The second-order valence-electron chi connectivity index (χ2n) is 3.46. The highest BCUT2D eigenvalue weighted by Gasteiger charge is 2.07. The van der Waals surface area contributed by atoms with Crippen LogP contribution in [0.5, 0.6) is 0 Å². The number of nitrogens with zero attached hydrogens (tertiary/aromatic N) is 1. The van der Waals surface area contributed by atoms with Crippen molar-refractivity contribution in [1.29, 1.82) is 0 Å². The average molecular weight is 217 g/mol. The van der Waals surface area contributed by atoms with Gasteiger partial charge >= 0.3 is 0 Å². The molecule has 0 aliphatic rings. The van der Waals surface area contributed by atoms with Crippen LogP contribution in [0.2, 0.25) is 0 Å². The number of hydrogen-bond acceptors (Lipinski definition) is 3. The van der Waals surface area contributed by atoms with Gasteiger partial charge in [-0.1, -0.05) is 23.8 Å². The Balaban J connectivity index is 2.41. The monoisotopic (exact) mass is 217 g/mol. The third kappa shape index (κ3) is 2.13. The van der Waals surface area contributed by atoms with Crippen LogP contribution >= 0.6 is 11.3 Å². The standard InChI is InChI=1S/C12H11NOS/c1-8-4-3-5-10(6-8)12-13-11(7-15-12)9(2)14/h3-7H,1-2H3. The Morgan fingerprint density at radius 1 is 1.40 bits per heavy atom. The summed E-state index contributed by atoms with van der Waals surface area (Å²) in [7, 11) is 0. The summed E-state index contributed by atoms with van der Waals surface area (Å²) >= 11 is 1.51. The van der Waals surface area contributed by atoms with Gasteiger partial charge in [-0.25, -0.2) is 4.98 Å². The highest BCUT2D eigenvalue weighted by atomic mass is 32.1. The molecule has 0 aliphatic heterocycles. The Kier molecular flexibility index (Phi) is 2.64. The quantitative estimate of drug-likeness (QED) is 0.722. The smallest absolute Gasteiger partial charge is 0.178 e. The maximum absolute atomic E-state index is 11.1. The predicted octanol–water partition coefficient (Wildman–Crippen LogP) is 3.32. The summed E-state index contributed by atoms with van der Waals surface area (Å²) in [6.07, 6.45) is 0. The lowest BCUT2D eigenvalue weighted by molar-refractivity contribution is 0.101. The van der Waals surface area contributed by atoms with Crippen LogP contribution in [0.4, 0.5) is 0 Å². The van der Waals surface area contributed by atoms with E-state index >= 15 is 0 Å². The van der Waals surface area contributed by atoms with E-state index in [1.807, 2.05) is 25.1 Å². The van der Waals surface area contributed by atoms with Gasteiger partial charge in [-0.3, -0.25) is 4.79 Å². The summed E-state index contributed by atoms with van der Waals surface area (Å²) in [6.45, 7) is 3.58. The largest absolute Gasteiger partial charge is 0.293 e. The molecule has 0 spiro atoms. The molecule has 15 heavy (non-hydrogen) atoms. The molecule has 76 valence electrons. The summed E-state index contributed by atoms with van der Waals surface area (Å²) in [6, 6.07) is 8.13. The molecule has 1 aromatic heterocycles. The molecular weight excluding hydrogens is 206 g/mol. The first-order valence-corrected chi connectivity index (χ1v) is 5.58. The molecule has 0 N–H and O–H groups in total. The lowest BCUT2D eigenvalue weighted by Crippen LogP contribution is -1.91. The van der Waals surface area contributed by atoms with Crippen LogP contribution in [0.1, 0.15) is 23.0 Å². The van der Waals surface area contributed by atoms with E-state index in [1.54, 1.807) is 5.38 Å². The lowest BCUT2D eigenvalue weighted by Gasteiger charge is -1.96. The minimum atomic E-state index is 0.0187. The number of aromatic nitrogens is 1. The normalized spacial score (nSPS) is 10.3. The first kappa shape index (κ1) is 10.1. The van der Waals surface area contributed by atoms with Gasteiger partial charge in [0.2, 0.25) is 0 Å². The molecule has 2 rings (SSSR count). The van der Waals surface area contributed by atoms with E-state index in [-0.39, 0.29) is 5.78 Å². The number of hydrogen-bond donors (Lipinski definition) is 0. The lowest BCUT2D eigenvalue weighted by atomic mass is 10.1. The zero-order valence-electron chi connectivity index (χ0n) is 8.65. The third-order valence-electron chi connectivity index (χ3n) is 2.13. The number of aryl methyl sites for hydroxylation is 1. The van der Waals surface area contributed by atoms with Gasteiger partial charge in [0.25, 0.3) is 0 Å². The molecule has 0 amide bonds. The number of Topliss-reactive ketones (excluding diaryl/α,β-unsaturated/α-hetero) is 1. The summed E-state index contributed by atoms with van der Waals surface area (Å²) in [5.74, 6) is 0.0187. The van der Waals surface area contributed by atoms with E-state index in [0.29, 0.717) is 5.69 Å². The van der Waals surface area contributed by atoms with Gasteiger partial charge in [0.1, 0.15) is 10.7 Å². The molecule has 1 aromatic carbocycles. The second kappa shape index (κ2) is 3.95. The van der Waals surface area contributed by atoms with Crippen LogP contribution in [-0.2, 0) is 0 Å². The van der Waals surface area contributed by atoms with E-state index in [9.17, 15) is 4.79 Å². The van der Waals surface area contributed by atoms with Gasteiger partial charge in [-0.05, 0) is 13.0 Å². The fourth-order valence-electron chi connectivity index (χ4n) is 1.35. The first-order chi connectivity index (χ1) is 7.16. The molecular formula is C12H11NOS. The fourth-order valence-corrected chi connectivity index (χ4v) is 2.20. The van der Waals surface area contributed by atoms with Crippen LogP contribution < -0.4 is 0 Å². The van der Waals surface area contributed by atoms with Crippen molar-refractivity contribution in [2.45, 2.75) is 13.8 Å². The number of carbonyl (C=O) groups excluding carboxylic acids is 1. The summed E-state index contributed by atoms with van der Waals surface area (Å²) in [5.41, 5.74) is 2.83. The van der Waals surface area contributed by atoms with E-state index in [2.05, 4.69) is 11.1 Å². The highest BCUT2D eigenvalue weighted by Crippen LogP contribution is 2.24. The van der Waals surface area contributed by atoms with Crippen LogP contribution in [0.15, 0.2) is 29.6 Å². The van der Waals surface area contributed by atoms with Crippen molar-refractivity contribution >= 4 is 17.1 Å². The van der Waals surface area contributed by atoms with Gasteiger partial charge in [0.15, 0.2) is 5.78 Å². The van der Waals surface area contributed by atoms with Crippen molar-refractivity contribution in [3.8, 4) is 10.6 Å². The van der Waals surface area contributed by atoms with Crippen LogP contribution in [0.3, 0.4) is 0 Å². The molecule has 2 aromatic rings.